The van der Waals surface area contributed by atoms with Crippen LogP contribution in [0.1, 0.15) is 43.4 Å². The normalized spacial score (nSPS) is 10.9. The molecule has 1 aromatic heterocycles. The van der Waals surface area contributed by atoms with Crippen molar-refractivity contribution >= 4 is 5.97 Å². The van der Waals surface area contributed by atoms with E-state index >= 15 is 0 Å². The molecule has 0 saturated heterocycles. The van der Waals surface area contributed by atoms with Gasteiger partial charge in [0.1, 0.15) is 5.76 Å². The summed E-state index contributed by atoms with van der Waals surface area (Å²) in [5.74, 6) is 2.55. The molecule has 0 fully saturated rings. The minimum atomic E-state index is -0.476. The fourth-order valence-corrected chi connectivity index (χ4v) is 1.41. The number of nitrogens with zero attached hydrogens (tertiary/aromatic N) is 1. The second kappa shape index (κ2) is 4.84. The number of aromatic nitrogens is 1. The van der Waals surface area contributed by atoms with E-state index in [1.54, 1.807) is 6.92 Å². The van der Waals surface area contributed by atoms with Gasteiger partial charge in [-0.05, 0) is 6.92 Å². The van der Waals surface area contributed by atoms with E-state index in [9.17, 15) is 4.79 Å². The van der Waals surface area contributed by atoms with Gasteiger partial charge in [-0.25, -0.2) is 9.78 Å². The average Bonchev–Trinajstić information content (AvgIpc) is 2.66. The van der Waals surface area contributed by atoms with Crippen molar-refractivity contribution in [2.75, 3.05) is 6.61 Å². The summed E-state index contributed by atoms with van der Waals surface area (Å²) in [7, 11) is 0. The molecule has 0 unspecified atom stereocenters. The summed E-state index contributed by atoms with van der Waals surface area (Å²) in [6, 6.07) is 0. The van der Waals surface area contributed by atoms with Gasteiger partial charge >= 0.3 is 5.97 Å². The van der Waals surface area contributed by atoms with Crippen molar-refractivity contribution < 1.29 is 13.9 Å². The Kier molecular flexibility index (Phi) is 3.73. The number of oxazole rings is 1. The fraction of sp³-hybridized carbons (Fsp3) is 0.500. The summed E-state index contributed by atoms with van der Waals surface area (Å²) in [6.45, 7) is 5.84. The quantitative estimate of drug-likeness (QED) is 0.577. The van der Waals surface area contributed by atoms with Crippen LogP contribution in [0.5, 0.6) is 0 Å². The number of ether oxygens (including phenoxy) is 1. The molecule has 0 aliphatic rings. The maximum absolute atomic E-state index is 11.6. The lowest BCUT2D eigenvalue weighted by molar-refractivity contribution is 0.0515. The topological polar surface area (TPSA) is 52.3 Å². The summed E-state index contributed by atoms with van der Waals surface area (Å²) in [4.78, 5) is 15.5. The molecule has 0 bridgehead atoms. The third kappa shape index (κ3) is 2.43. The third-order valence-electron chi connectivity index (χ3n) is 2.19. The lowest BCUT2D eigenvalue weighted by Gasteiger charge is -2.19. The summed E-state index contributed by atoms with van der Waals surface area (Å²) >= 11 is 0. The van der Waals surface area contributed by atoms with Gasteiger partial charge in [-0.3, -0.25) is 0 Å². The molecule has 0 N–H and O–H groups in total. The van der Waals surface area contributed by atoms with Crippen LogP contribution < -0.4 is 0 Å². The van der Waals surface area contributed by atoms with Gasteiger partial charge in [-0.2, -0.15) is 0 Å². The molecule has 1 heterocycles. The predicted octanol–water partition coefficient (Wildman–Crippen LogP) is 2.15. The van der Waals surface area contributed by atoms with Crippen molar-refractivity contribution in [1.29, 1.82) is 0 Å². The number of rotatable bonds is 4. The first-order valence-electron chi connectivity index (χ1n) is 5.07. The van der Waals surface area contributed by atoms with Gasteiger partial charge in [0.05, 0.1) is 6.61 Å². The van der Waals surface area contributed by atoms with Crippen LogP contribution in [-0.2, 0) is 10.2 Å². The Morgan fingerprint density at radius 2 is 2.38 bits per heavy atom. The highest BCUT2D eigenvalue weighted by atomic mass is 16.5. The number of hydrogen-bond acceptors (Lipinski definition) is 4. The summed E-state index contributed by atoms with van der Waals surface area (Å²) < 4.78 is 10.1. The molecule has 1 rings (SSSR count). The van der Waals surface area contributed by atoms with Crippen LogP contribution in [-0.4, -0.2) is 17.6 Å². The molecule has 0 atom stereocenters. The van der Waals surface area contributed by atoms with Crippen molar-refractivity contribution in [3.05, 3.63) is 17.8 Å². The van der Waals surface area contributed by atoms with Crippen molar-refractivity contribution in [2.24, 2.45) is 0 Å². The molecule has 16 heavy (non-hydrogen) atoms. The van der Waals surface area contributed by atoms with Gasteiger partial charge in [0.25, 0.3) is 0 Å². The van der Waals surface area contributed by atoms with E-state index in [0.29, 0.717) is 18.8 Å². The predicted molar refractivity (Wildman–Crippen MR) is 58.9 cm³/mol. The van der Waals surface area contributed by atoms with Crippen molar-refractivity contribution in [3.8, 4) is 12.3 Å². The second-order valence-corrected chi connectivity index (χ2v) is 4.02. The lowest BCUT2D eigenvalue weighted by Crippen LogP contribution is -2.20. The van der Waals surface area contributed by atoms with E-state index in [1.165, 1.54) is 6.39 Å². The summed E-state index contributed by atoms with van der Waals surface area (Å²) in [5.41, 5.74) is -0.213. The molecule has 0 aliphatic heterocycles. The highest BCUT2D eigenvalue weighted by molar-refractivity contribution is 5.88. The van der Waals surface area contributed by atoms with Gasteiger partial charge < -0.3 is 9.15 Å². The fourth-order valence-electron chi connectivity index (χ4n) is 1.41. The zero-order valence-corrected chi connectivity index (χ0v) is 9.74. The maximum atomic E-state index is 11.6. The highest BCUT2D eigenvalue weighted by Crippen LogP contribution is 2.29. The van der Waals surface area contributed by atoms with E-state index in [0.717, 1.165) is 0 Å². The van der Waals surface area contributed by atoms with Gasteiger partial charge in [0.15, 0.2) is 12.1 Å². The Morgan fingerprint density at radius 1 is 1.69 bits per heavy atom. The molecular formula is C12H15NO3. The first-order valence-corrected chi connectivity index (χ1v) is 5.07. The van der Waals surface area contributed by atoms with Crippen molar-refractivity contribution in [3.63, 3.8) is 0 Å². The van der Waals surface area contributed by atoms with Crippen LogP contribution in [0.2, 0.25) is 0 Å². The minimum absolute atomic E-state index is 0.210. The highest BCUT2D eigenvalue weighted by Gasteiger charge is 2.31. The molecule has 0 spiro atoms. The van der Waals surface area contributed by atoms with Crippen molar-refractivity contribution in [1.82, 2.24) is 4.98 Å². The Bertz CT molecular complexity index is 412. The minimum Gasteiger partial charge on any atom is -0.461 e. The molecule has 0 aliphatic carbocycles. The van der Waals surface area contributed by atoms with E-state index in [2.05, 4.69) is 10.9 Å². The monoisotopic (exact) mass is 221 g/mol. The molecule has 4 nitrogen and oxygen atoms in total. The summed E-state index contributed by atoms with van der Waals surface area (Å²) in [6.07, 6.45) is 6.98. The Morgan fingerprint density at radius 3 is 2.94 bits per heavy atom. The van der Waals surface area contributed by atoms with Gasteiger partial charge in [-0.1, -0.05) is 13.8 Å². The second-order valence-electron chi connectivity index (χ2n) is 4.02. The zero-order chi connectivity index (χ0) is 12.2. The molecule has 86 valence electrons. The largest absolute Gasteiger partial charge is 0.461 e. The van der Waals surface area contributed by atoms with Crippen LogP contribution in [0.15, 0.2) is 10.8 Å². The van der Waals surface area contributed by atoms with Gasteiger partial charge in [0.2, 0.25) is 0 Å². The Labute approximate surface area is 95.0 Å². The Balaban J connectivity index is 3.03. The van der Waals surface area contributed by atoms with Gasteiger partial charge in [-0.15, -0.1) is 12.3 Å². The van der Waals surface area contributed by atoms with Crippen molar-refractivity contribution in [2.45, 2.75) is 32.6 Å². The first kappa shape index (κ1) is 12.3. The molecule has 0 amide bonds. The number of esters is 1. The lowest BCUT2D eigenvalue weighted by atomic mass is 9.86. The van der Waals surface area contributed by atoms with E-state index in [-0.39, 0.29) is 5.69 Å². The standard InChI is InChI=1S/C12H15NO3/c1-5-7-12(3,4)10-9(13-8-16-10)11(14)15-6-2/h1,8H,6-7H2,2-4H3. The van der Waals surface area contributed by atoms with Gasteiger partial charge in [0, 0.05) is 11.8 Å². The van der Waals surface area contributed by atoms with Crippen LogP contribution >= 0.6 is 0 Å². The number of carbonyl (C=O) groups is 1. The molecule has 4 heteroatoms. The molecular weight excluding hydrogens is 206 g/mol. The summed E-state index contributed by atoms with van der Waals surface area (Å²) in [5, 5.41) is 0. The van der Waals surface area contributed by atoms with Crippen LogP contribution in [0, 0.1) is 12.3 Å². The molecule has 0 aromatic carbocycles. The molecule has 0 radical (unpaired) electrons. The smallest absolute Gasteiger partial charge is 0.360 e. The van der Waals surface area contributed by atoms with Crippen LogP contribution in [0.3, 0.4) is 0 Å². The first-order chi connectivity index (χ1) is 7.53. The SMILES string of the molecule is C#CCC(C)(C)c1ocnc1C(=O)OCC. The van der Waals surface area contributed by atoms with E-state index < -0.39 is 11.4 Å². The van der Waals surface area contributed by atoms with E-state index in [4.69, 9.17) is 15.6 Å². The number of carbonyl (C=O) groups excluding carboxylic acids is 1. The maximum Gasteiger partial charge on any atom is 0.360 e. The third-order valence-corrected chi connectivity index (χ3v) is 2.19. The number of hydrogen-bond donors (Lipinski definition) is 0. The number of terminal acetylenes is 1. The Hall–Kier alpha value is -1.76. The molecule has 1 aromatic rings. The molecule has 0 saturated carbocycles. The average molecular weight is 221 g/mol. The van der Waals surface area contributed by atoms with Crippen LogP contribution in [0.4, 0.5) is 0 Å². The van der Waals surface area contributed by atoms with E-state index in [1.807, 2.05) is 13.8 Å². The zero-order valence-electron chi connectivity index (χ0n) is 9.74. The van der Waals surface area contributed by atoms with Crippen LogP contribution in [0.25, 0.3) is 0 Å².